The van der Waals surface area contributed by atoms with Crippen LogP contribution in [0.3, 0.4) is 0 Å². The van der Waals surface area contributed by atoms with Crippen molar-refractivity contribution in [3.05, 3.63) is 41.2 Å². The van der Waals surface area contributed by atoms with E-state index in [1.165, 1.54) is 0 Å². The molecule has 0 aliphatic rings. The quantitative estimate of drug-likeness (QED) is 0.915. The van der Waals surface area contributed by atoms with Gasteiger partial charge in [0.1, 0.15) is 0 Å². The van der Waals surface area contributed by atoms with Crippen LogP contribution in [-0.4, -0.2) is 14.9 Å². The lowest BCUT2D eigenvalue weighted by Gasteiger charge is -2.05. The van der Waals surface area contributed by atoms with Crippen LogP contribution in [-0.2, 0) is 13.7 Å². The van der Waals surface area contributed by atoms with E-state index in [0.717, 1.165) is 15.4 Å². The van der Waals surface area contributed by atoms with Crippen LogP contribution in [0.1, 0.15) is 5.56 Å². The van der Waals surface area contributed by atoms with Crippen molar-refractivity contribution in [1.29, 1.82) is 0 Å². The Bertz CT molecular complexity index is 498. The SMILES string of the molecule is Cn1cc(Sc2ccc(Cl)cc2CO)cn1. The molecule has 5 heteroatoms. The van der Waals surface area contributed by atoms with Gasteiger partial charge in [0.05, 0.1) is 17.7 Å². The van der Waals surface area contributed by atoms with Gasteiger partial charge in [-0.1, -0.05) is 23.4 Å². The summed E-state index contributed by atoms with van der Waals surface area (Å²) in [5.41, 5.74) is 0.835. The van der Waals surface area contributed by atoms with E-state index in [2.05, 4.69) is 5.10 Å². The van der Waals surface area contributed by atoms with Crippen molar-refractivity contribution >= 4 is 23.4 Å². The fourth-order valence-corrected chi connectivity index (χ4v) is 2.49. The monoisotopic (exact) mass is 254 g/mol. The van der Waals surface area contributed by atoms with Crippen LogP contribution in [0.2, 0.25) is 5.02 Å². The molecular weight excluding hydrogens is 244 g/mol. The van der Waals surface area contributed by atoms with Crippen molar-refractivity contribution < 1.29 is 5.11 Å². The molecule has 3 nitrogen and oxygen atoms in total. The Morgan fingerprint density at radius 1 is 1.50 bits per heavy atom. The molecule has 0 fully saturated rings. The minimum atomic E-state index is -0.0108. The van der Waals surface area contributed by atoms with Crippen LogP contribution in [0.15, 0.2) is 40.4 Å². The second kappa shape index (κ2) is 4.91. The Labute approximate surface area is 103 Å². The number of nitrogens with zero attached hydrogens (tertiary/aromatic N) is 2. The number of rotatable bonds is 3. The first kappa shape index (κ1) is 11.5. The van der Waals surface area contributed by atoms with E-state index in [9.17, 15) is 5.11 Å². The van der Waals surface area contributed by atoms with Gasteiger partial charge in [-0.15, -0.1) is 0 Å². The molecule has 1 aromatic carbocycles. The van der Waals surface area contributed by atoms with E-state index in [0.29, 0.717) is 5.02 Å². The molecule has 16 heavy (non-hydrogen) atoms. The molecule has 0 amide bonds. The van der Waals surface area contributed by atoms with Gasteiger partial charge in [0.2, 0.25) is 0 Å². The lowest BCUT2D eigenvalue weighted by atomic mass is 10.2. The van der Waals surface area contributed by atoms with Gasteiger partial charge in [-0.3, -0.25) is 4.68 Å². The molecule has 1 heterocycles. The molecule has 0 bridgehead atoms. The van der Waals surface area contributed by atoms with Crippen molar-refractivity contribution in [2.45, 2.75) is 16.4 Å². The molecule has 0 radical (unpaired) electrons. The number of aryl methyl sites for hydroxylation is 1. The zero-order chi connectivity index (χ0) is 11.5. The highest BCUT2D eigenvalue weighted by molar-refractivity contribution is 7.99. The van der Waals surface area contributed by atoms with E-state index in [-0.39, 0.29) is 6.61 Å². The summed E-state index contributed by atoms with van der Waals surface area (Å²) in [6, 6.07) is 5.51. The molecule has 2 aromatic rings. The number of aliphatic hydroxyl groups excluding tert-OH is 1. The molecule has 0 spiro atoms. The summed E-state index contributed by atoms with van der Waals surface area (Å²) in [5, 5.41) is 14.0. The van der Waals surface area contributed by atoms with Gasteiger partial charge < -0.3 is 5.11 Å². The highest BCUT2D eigenvalue weighted by Crippen LogP contribution is 2.31. The molecule has 1 aromatic heterocycles. The van der Waals surface area contributed by atoms with Crippen LogP contribution in [0.4, 0.5) is 0 Å². The summed E-state index contributed by atoms with van der Waals surface area (Å²) in [6.45, 7) is -0.0108. The number of benzene rings is 1. The summed E-state index contributed by atoms with van der Waals surface area (Å²) in [7, 11) is 1.87. The van der Waals surface area contributed by atoms with Crippen molar-refractivity contribution in [2.75, 3.05) is 0 Å². The maximum atomic E-state index is 9.23. The Morgan fingerprint density at radius 2 is 2.31 bits per heavy atom. The lowest BCUT2D eigenvalue weighted by Crippen LogP contribution is -1.87. The zero-order valence-corrected chi connectivity index (χ0v) is 10.3. The van der Waals surface area contributed by atoms with Gasteiger partial charge in [-0.2, -0.15) is 5.10 Å². The second-order valence-corrected chi connectivity index (χ2v) is 4.91. The largest absolute Gasteiger partial charge is 0.392 e. The summed E-state index contributed by atoms with van der Waals surface area (Å²) in [5.74, 6) is 0. The number of hydrogen-bond acceptors (Lipinski definition) is 3. The molecule has 0 aliphatic heterocycles. The van der Waals surface area contributed by atoms with Gasteiger partial charge in [-0.25, -0.2) is 0 Å². The van der Waals surface area contributed by atoms with Crippen LogP contribution in [0.5, 0.6) is 0 Å². The van der Waals surface area contributed by atoms with Crippen molar-refractivity contribution in [2.24, 2.45) is 7.05 Å². The summed E-state index contributed by atoms with van der Waals surface area (Å²) >= 11 is 7.43. The van der Waals surface area contributed by atoms with Crippen LogP contribution >= 0.6 is 23.4 Å². The zero-order valence-electron chi connectivity index (χ0n) is 8.72. The maximum absolute atomic E-state index is 9.23. The predicted molar refractivity (Wildman–Crippen MR) is 64.7 cm³/mol. The molecule has 0 aliphatic carbocycles. The Morgan fingerprint density at radius 3 is 2.94 bits per heavy atom. The van der Waals surface area contributed by atoms with Crippen molar-refractivity contribution in [1.82, 2.24) is 9.78 Å². The summed E-state index contributed by atoms with van der Waals surface area (Å²) in [4.78, 5) is 2.04. The van der Waals surface area contributed by atoms with Crippen molar-refractivity contribution in [3.63, 3.8) is 0 Å². The Balaban J connectivity index is 2.27. The minimum absolute atomic E-state index is 0.0108. The predicted octanol–water partition coefficient (Wildman–Crippen LogP) is 2.72. The van der Waals surface area contributed by atoms with Gasteiger partial charge in [-0.05, 0) is 23.8 Å². The molecule has 84 valence electrons. The molecule has 0 unspecified atom stereocenters. The van der Waals surface area contributed by atoms with E-state index in [4.69, 9.17) is 11.6 Å². The Hall–Kier alpha value is -0.970. The van der Waals surface area contributed by atoms with Gasteiger partial charge in [0.25, 0.3) is 0 Å². The third-order valence-electron chi connectivity index (χ3n) is 2.10. The summed E-state index contributed by atoms with van der Waals surface area (Å²) < 4.78 is 1.75. The first-order valence-electron chi connectivity index (χ1n) is 4.75. The normalized spacial score (nSPS) is 10.7. The van der Waals surface area contributed by atoms with Crippen LogP contribution < -0.4 is 0 Å². The van der Waals surface area contributed by atoms with Crippen LogP contribution in [0.25, 0.3) is 0 Å². The van der Waals surface area contributed by atoms with Crippen molar-refractivity contribution in [3.8, 4) is 0 Å². The van der Waals surface area contributed by atoms with E-state index >= 15 is 0 Å². The third kappa shape index (κ3) is 2.58. The van der Waals surface area contributed by atoms with E-state index in [1.807, 2.05) is 25.4 Å². The topological polar surface area (TPSA) is 38.0 Å². The van der Waals surface area contributed by atoms with Gasteiger partial charge >= 0.3 is 0 Å². The Kier molecular flexibility index (Phi) is 3.53. The number of aliphatic hydroxyl groups is 1. The van der Waals surface area contributed by atoms with E-state index < -0.39 is 0 Å². The maximum Gasteiger partial charge on any atom is 0.0693 e. The molecular formula is C11H11ClN2OS. The lowest BCUT2D eigenvalue weighted by molar-refractivity contribution is 0.279. The van der Waals surface area contributed by atoms with Gasteiger partial charge in [0.15, 0.2) is 0 Å². The number of aromatic nitrogens is 2. The van der Waals surface area contributed by atoms with Crippen LogP contribution in [0, 0.1) is 0 Å². The number of halogens is 1. The number of hydrogen-bond donors (Lipinski definition) is 1. The average molecular weight is 255 g/mol. The molecule has 0 saturated heterocycles. The molecule has 1 N–H and O–H groups in total. The average Bonchev–Trinajstić information content (AvgIpc) is 2.67. The molecule has 0 saturated carbocycles. The standard InChI is InChI=1S/C11H11ClN2OS/c1-14-6-10(5-13-14)16-11-3-2-9(12)4-8(11)7-15/h2-6,15H,7H2,1H3. The molecule has 0 atom stereocenters. The summed E-state index contributed by atoms with van der Waals surface area (Å²) in [6.07, 6.45) is 3.72. The highest BCUT2D eigenvalue weighted by atomic mass is 35.5. The second-order valence-electron chi connectivity index (χ2n) is 3.36. The fourth-order valence-electron chi connectivity index (χ4n) is 1.35. The minimum Gasteiger partial charge on any atom is -0.392 e. The third-order valence-corrected chi connectivity index (χ3v) is 3.40. The first-order valence-corrected chi connectivity index (χ1v) is 5.94. The van der Waals surface area contributed by atoms with Gasteiger partial charge in [0, 0.05) is 23.2 Å². The first-order chi connectivity index (χ1) is 7.69. The van der Waals surface area contributed by atoms with E-state index in [1.54, 1.807) is 28.7 Å². The fraction of sp³-hybridized carbons (Fsp3) is 0.182. The highest BCUT2D eigenvalue weighted by Gasteiger charge is 2.05. The molecule has 2 rings (SSSR count). The smallest absolute Gasteiger partial charge is 0.0693 e.